The van der Waals surface area contributed by atoms with E-state index in [4.69, 9.17) is 16.3 Å². The Kier molecular flexibility index (Phi) is 3.63. The molecule has 0 aliphatic carbocycles. The molecule has 18 heavy (non-hydrogen) atoms. The second-order valence-corrected chi connectivity index (χ2v) is 4.17. The van der Waals surface area contributed by atoms with Crippen molar-refractivity contribution >= 4 is 17.9 Å². The van der Waals surface area contributed by atoms with E-state index in [-0.39, 0.29) is 5.02 Å². The minimum atomic E-state index is -0.440. The van der Waals surface area contributed by atoms with E-state index in [0.29, 0.717) is 28.7 Å². The van der Waals surface area contributed by atoms with Gasteiger partial charge in [0.15, 0.2) is 6.29 Å². The van der Waals surface area contributed by atoms with Crippen molar-refractivity contribution < 1.29 is 13.9 Å². The van der Waals surface area contributed by atoms with Crippen LogP contribution in [0.2, 0.25) is 5.02 Å². The third-order valence-corrected chi connectivity index (χ3v) is 2.78. The molecule has 0 fully saturated rings. The van der Waals surface area contributed by atoms with Crippen LogP contribution in [0.4, 0.5) is 4.39 Å². The topological polar surface area (TPSA) is 26.3 Å². The van der Waals surface area contributed by atoms with E-state index in [9.17, 15) is 9.18 Å². The zero-order valence-electron chi connectivity index (χ0n) is 9.61. The molecule has 0 bridgehead atoms. The summed E-state index contributed by atoms with van der Waals surface area (Å²) in [6.45, 7) is 0. The van der Waals surface area contributed by atoms with Gasteiger partial charge in [-0.1, -0.05) is 11.6 Å². The molecule has 0 saturated carbocycles. The fourth-order valence-corrected chi connectivity index (χ4v) is 1.96. The molecule has 0 aromatic heterocycles. The number of carbonyl (C=O) groups excluding carboxylic acids is 1. The highest BCUT2D eigenvalue weighted by atomic mass is 35.5. The number of rotatable bonds is 3. The van der Waals surface area contributed by atoms with Crippen LogP contribution in [-0.2, 0) is 0 Å². The molecule has 0 unspecified atom stereocenters. The molecule has 0 radical (unpaired) electrons. The van der Waals surface area contributed by atoms with Crippen molar-refractivity contribution in [2.75, 3.05) is 7.11 Å². The Balaban J connectivity index is 2.59. The van der Waals surface area contributed by atoms with Crippen LogP contribution in [0.5, 0.6) is 5.75 Å². The maximum Gasteiger partial charge on any atom is 0.150 e. The average molecular weight is 265 g/mol. The summed E-state index contributed by atoms with van der Waals surface area (Å²) in [6.07, 6.45) is 0.705. The Morgan fingerprint density at radius 1 is 1.22 bits per heavy atom. The molecule has 0 atom stereocenters. The minimum absolute atomic E-state index is 0.290. The van der Waals surface area contributed by atoms with Crippen molar-refractivity contribution in [2.45, 2.75) is 0 Å². The average Bonchev–Trinajstić information content (AvgIpc) is 2.36. The smallest absolute Gasteiger partial charge is 0.150 e. The second-order valence-electron chi connectivity index (χ2n) is 3.73. The molecule has 0 saturated heterocycles. The van der Waals surface area contributed by atoms with E-state index in [2.05, 4.69) is 0 Å². The van der Waals surface area contributed by atoms with Crippen LogP contribution in [0.1, 0.15) is 10.4 Å². The first-order valence-electron chi connectivity index (χ1n) is 5.23. The number of halogens is 2. The van der Waals surface area contributed by atoms with Gasteiger partial charge in [0.05, 0.1) is 7.11 Å². The zero-order chi connectivity index (χ0) is 13.1. The number of hydrogen-bond donors (Lipinski definition) is 0. The van der Waals surface area contributed by atoms with Crippen molar-refractivity contribution in [3.63, 3.8) is 0 Å². The highest BCUT2D eigenvalue weighted by Gasteiger charge is 2.08. The summed E-state index contributed by atoms with van der Waals surface area (Å²) in [6, 6.07) is 9.17. The predicted octanol–water partition coefficient (Wildman–Crippen LogP) is 3.97. The molecule has 0 N–H and O–H groups in total. The zero-order valence-corrected chi connectivity index (χ0v) is 10.4. The van der Waals surface area contributed by atoms with Gasteiger partial charge >= 0.3 is 0 Å². The van der Waals surface area contributed by atoms with Crippen LogP contribution in [0.15, 0.2) is 36.4 Å². The van der Waals surface area contributed by atoms with Crippen LogP contribution in [0.25, 0.3) is 11.1 Å². The number of benzene rings is 2. The molecule has 2 rings (SSSR count). The summed E-state index contributed by atoms with van der Waals surface area (Å²) >= 11 is 5.80. The van der Waals surface area contributed by atoms with Gasteiger partial charge in [0.25, 0.3) is 0 Å². The van der Waals surface area contributed by atoms with Crippen LogP contribution >= 0.6 is 11.6 Å². The monoisotopic (exact) mass is 264 g/mol. The van der Waals surface area contributed by atoms with Crippen molar-refractivity contribution in [1.29, 1.82) is 0 Å². The molecule has 2 aromatic carbocycles. The normalized spacial score (nSPS) is 10.2. The quantitative estimate of drug-likeness (QED) is 0.784. The minimum Gasteiger partial charge on any atom is -0.497 e. The van der Waals surface area contributed by atoms with E-state index in [1.165, 1.54) is 19.2 Å². The molecule has 2 nitrogen and oxygen atoms in total. The molecule has 0 amide bonds. The summed E-state index contributed by atoms with van der Waals surface area (Å²) in [5.74, 6) is 0.133. The Hall–Kier alpha value is -1.87. The van der Waals surface area contributed by atoms with Crippen LogP contribution in [-0.4, -0.2) is 13.4 Å². The first kappa shape index (κ1) is 12.6. The predicted molar refractivity (Wildman–Crippen MR) is 68.8 cm³/mol. The van der Waals surface area contributed by atoms with Crippen molar-refractivity contribution in [2.24, 2.45) is 0 Å². The fourth-order valence-electron chi connectivity index (χ4n) is 1.74. The van der Waals surface area contributed by atoms with E-state index in [1.54, 1.807) is 24.3 Å². The molecule has 0 aliphatic rings. The van der Waals surface area contributed by atoms with Gasteiger partial charge < -0.3 is 4.74 Å². The first-order chi connectivity index (χ1) is 8.63. The number of methoxy groups -OCH3 is 1. The third kappa shape index (κ3) is 2.51. The van der Waals surface area contributed by atoms with Gasteiger partial charge in [0, 0.05) is 10.6 Å². The summed E-state index contributed by atoms with van der Waals surface area (Å²) in [5, 5.41) is 0.290. The highest BCUT2D eigenvalue weighted by molar-refractivity contribution is 6.30. The lowest BCUT2D eigenvalue weighted by atomic mass is 10.00. The lowest BCUT2D eigenvalue weighted by Gasteiger charge is -2.08. The Bertz CT molecular complexity index is 576. The fraction of sp³-hybridized carbons (Fsp3) is 0.0714. The molecule has 4 heteroatoms. The molecular weight excluding hydrogens is 255 g/mol. The maximum atomic E-state index is 13.3. The van der Waals surface area contributed by atoms with Crippen LogP contribution in [0.3, 0.4) is 0 Å². The Morgan fingerprint density at radius 3 is 2.61 bits per heavy atom. The number of ether oxygens (including phenoxy) is 1. The summed E-state index contributed by atoms with van der Waals surface area (Å²) in [7, 11) is 1.52. The lowest BCUT2D eigenvalue weighted by molar-refractivity contribution is 0.112. The Labute approximate surface area is 109 Å². The first-order valence-corrected chi connectivity index (χ1v) is 5.61. The molecule has 0 heterocycles. The van der Waals surface area contributed by atoms with E-state index in [0.717, 1.165) is 0 Å². The standard InChI is InChI=1S/C14H10ClFO2/c1-18-13-2-3-14(10(6-13)8-17)9-4-11(15)7-12(16)5-9/h2-8H,1H3. The molecule has 2 aromatic rings. The van der Waals surface area contributed by atoms with Crippen LogP contribution < -0.4 is 4.74 Å². The van der Waals surface area contributed by atoms with Gasteiger partial charge in [-0.2, -0.15) is 0 Å². The van der Waals surface area contributed by atoms with Crippen molar-refractivity contribution in [1.82, 2.24) is 0 Å². The highest BCUT2D eigenvalue weighted by Crippen LogP contribution is 2.29. The number of aldehydes is 1. The van der Waals surface area contributed by atoms with Gasteiger partial charge in [-0.25, -0.2) is 4.39 Å². The number of carbonyl (C=O) groups is 1. The van der Waals surface area contributed by atoms with Gasteiger partial charge in [0.1, 0.15) is 11.6 Å². The SMILES string of the molecule is COc1ccc(-c2cc(F)cc(Cl)c2)c(C=O)c1. The molecule has 0 spiro atoms. The van der Waals surface area contributed by atoms with Gasteiger partial charge in [-0.15, -0.1) is 0 Å². The van der Waals surface area contributed by atoms with Gasteiger partial charge in [-0.3, -0.25) is 4.79 Å². The van der Waals surface area contributed by atoms with Crippen LogP contribution in [0, 0.1) is 5.82 Å². The van der Waals surface area contributed by atoms with Crippen molar-refractivity contribution in [3.05, 3.63) is 52.8 Å². The van der Waals surface area contributed by atoms with Gasteiger partial charge in [-0.05, 0) is 47.5 Å². The van der Waals surface area contributed by atoms with E-state index in [1.807, 2.05) is 0 Å². The van der Waals surface area contributed by atoms with Crippen molar-refractivity contribution in [3.8, 4) is 16.9 Å². The summed E-state index contributed by atoms with van der Waals surface area (Å²) in [4.78, 5) is 11.1. The third-order valence-electron chi connectivity index (χ3n) is 2.56. The molecule has 92 valence electrons. The second kappa shape index (κ2) is 5.19. The molecular formula is C14H10ClFO2. The van der Waals surface area contributed by atoms with Gasteiger partial charge in [0.2, 0.25) is 0 Å². The van der Waals surface area contributed by atoms with E-state index >= 15 is 0 Å². The maximum absolute atomic E-state index is 13.3. The van der Waals surface area contributed by atoms with E-state index < -0.39 is 5.82 Å². The Morgan fingerprint density at radius 2 is 2.00 bits per heavy atom. The largest absolute Gasteiger partial charge is 0.497 e. The summed E-state index contributed by atoms with van der Waals surface area (Å²) < 4.78 is 18.3. The number of hydrogen-bond acceptors (Lipinski definition) is 2. The summed E-state index contributed by atoms with van der Waals surface area (Å²) in [5.41, 5.74) is 1.60. The molecule has 0 aliphatic heterocycles. The lowest BCUT2D eigenvalue weighted by Crippen LogP contribution is -1.91.